The highest BCUT2D eigenvalue weighted by atomic mass is 16.5. The number of benzene rings is 2. The molecule has 0 atom stereocenters. The molecule has 0 saturated carbocycles. The second-order valence-corrected chi connectivity index (χ2v) is 5.19. The lowest BCUT2D eigenvalue weighted by Gasteiger charge is -2.10. The van der Waals surface area contributed by atoms with Gasteiger partial charge in [-0.3, -0.25) is 4.79 Å². The lowest BCUT2D eigenvalue weighted by Crippen LogP contribution is -2.12. The molecule has 0 aliphatic carbocycles. The molecule has 25 heavy (non-hydrogen) atoms. The van der Waals surface area contributed by atoms with Gasteiger partial charge in [0.05, 0.1) is 13.2 Å². The zero-order valence-corrected chi connectivity index (χ0v) is 14.5. The summed E-state index contributed by atoms with van der Waals surface area (Å²) in [5.74, 6) is 1.18. The van der Waals surface area contributed by atoms with E-state index in [1.807, 2.05) is 18.2 Å². The first kappa shape index (κ1) is 18.8. The van der Waals surface area contributed by atoms with Crippen molar-refractivity contribution >= 4 is 11.6 Å². The Labute approximate surface area is 147 Å². The lowest BCUT2D eigenvalue weighted by molar-refractivity contribution is 0.102. The van der Waals surface area contributed by atoms with E-state index in [0.717, 1.165) is 0 Å². The third kappa shape index (κ3) is 6.45. The van der Waals surface area contributed by atoms with Crippen molar-refractivity contribution in [1.82, 2.24) is 0 Å². The first-order valence-electron chi connectivity index (χ1n) is 7.98. The Kier molecular flexibility index (Phi) is 7.75. The molecule has 1 amide bonds. The topological polar surface area (TPSA) is 66.0 Å². The Morgan fingerprint density at radius 2 is 1.48 bits per heavy atom. The average molecular weight is 345 g/mol. The first-order valence-corrected chi connectivity index (χ1v) is 7.98. The Balaban J connectivity index is 1.91. The predicted molar refractivity (Wildman–Crippen MR) is 95.6 cm³/mol. The highest BCUT2D eigenvalue weighted by Gasteiger charge is 2.07. The zero-order chi connectivity index (χ0) is 17.9. The van der Waals surface area contributed by atoms with Gasteiger partial charge in [-0.05, 0) is 36.4 Å². The van der Waals surface area contributed by atoms with Crippen molar-refractivity contribution in [3.8, 4) is 11.5 Å². The second kappa shape index (κ2) is 10.3. The summed E-state index contributed by atoms with van der Waals surface area (Å²) >= 11 is 0. The van der Waals surface area contributed by atoms with Gasteiger partial charge in [0.25, 0.3) is 5.91 Å². The van der Waals surface area contributed by atoms with Crippen LogP contribution < -0.4 is 14.8 Å². The molecule has 0 heterocycles. The van der Waals surface area contributed by atoms with Gasteiger partial charge < -0.3 is 24.3 Å². The van der Waals surface area contributed by atoms with Crippen LogP contribution >= 0.6 is 0 Å². The summed E-state index contributed by atoms with van der Waals surface area (Å²) in [5.41, 5.74) is 1.21. The Hall–Kier alpha value is -2.57. The molecule has 0 spiro atoms. The van der Waals surface area contributed by atoms with E-state index in [4.69, 9.17) is 18.9 Å². The van der Waals surface area contributed by atoms with Crippen molar-refractivity contribution in [2.24, 2.45) is 0 Å². The van der Waals surface area contributed by atoms with Crippen LogP contribution in [0.1, 0.15) is 10.4 Å². The standard InChI is InChI=1S/C19H23NO5/c1-22-10-12-24-17-8-6-15(7-9-17)19(21)20-16-4-3-5-18(14-16)25-13-11-23-2/h3-9,14H,10-13H2,1-2H3,(H,20,21). The fourth-order valence-corrected chi connectivity index (χ4v) is 2.06. The summed E-state index contributed by atoms with van der Waals surface area (Å²) in [6.07, 6.45) is 0. The molecule has 1 N–H and O–H groups in total. The van der Waals surface area contributed by atoms with Crippen molar-refractivity contribution in [2.75, 3.05) is 46.0 Å². The van der Waals surface area contributed by atoms with Crippen molar-refractivity contribution < 1.29 is 23.7 Å². The van der Waals surface area contributed by atoms with Gasteiger partial charge in [0.15, 0.2) is 0 Å². The predicted octanol–water partition coefficient (Wildman–Crippen LogP) is 2.99. The van der Waals surface area contributed by atoms with E-state index < -0.39 is 0 Å². The molecular weight excluding hydrogens is 322 g/mol. The monoisotopic (exact) mass is 345 g/mol. The molecule has 0 aliphatic heterocycles. The van der Waals surface area contributed by atoms with Crippen molar-refractivity contribution in [3.05, 3.63) is 54.1 Å². The minimum Gasteiger partial charge on any atom is -0.491 e. The van der Waals surface area contributed by atoms with Gasteiger partial charge in [-0.15, -0.1) is 0 Å². The van der Waals surface area contributed by atoms with E-state index in [1.54, 1.807) is 44.6 Å². The molecule has 2 rings (SSSR count). The molecule has 6 heteroatoms. The van der Waals surface area contributed by atoms with Crippen LogP contribution in [0.15, 0.2) is 48.5 Å². The van der Waals surface area contributed by atoms with Crippen molar-refractivity contribution in [2.45, 2.75) is 0 Å². The maximum absolute atomic E-state index is 12.3. The summed E-state index contributed by atoms with van der Waals surface area (Å²) in [6, 6.07) is 14.2. The molecule has 0 saturated heterocycles. The van der Waals surface area contributed by atoms with Gasteiger partial charge >= 0.3 is 0 Å². The van der Waals surface area contributed by atoms with E-state index in [1.165, 1.54) is 0 Å². The van der Waals surface area contributed by atoms with E-state index in [0.29, 0.717) is 49.2 Å². The Bertz CT molecular complexity index is 657. The van der Waals surface area contributed by atoms with E-state index in [-0.39, 0.29) is 5.91 Å². The molecule has 0 aliphatic rings. The molecule has 0 unspecified atom stereocenters. The Morgan fingerprint density at radius 1 is 0.840 bits per heavy atom. The van der Waals surface area contributed by atoms with Crippen molar-refractivity contribution in [1.29, 1.82) is 0 Å². The molecular formula is C19H23NO5. The fraction of sp³-hybridized carbons (Fsp3) is 0.316. The second-order valence-electron chi connectivity index (χ2n) is 5.19. The van der Waals surface area contributed by atoms with Crippen molar-refractivity contribution in [3.63, 3.8) is 0 Å². The summed E-state index contributed by atoms with van der Waals surface area (Å²) in [4.78, 5) is 12.3. The van der Waals surface area contributed by atoms with Crippen LogP contribution in [-0.4, -0.2) is 46.6 Å². The van der Waals surface area contributed by atoms with Crippen LogP contribution in [0.5, 0.6) is 11.5 Å². The average Bonchev–Trinajstić information content (AvgIpc) is 2.63. The SMILES string of the molecule is COCCOc1ccc(C(=O)Nc2cccc(OCCOC)c2)cc1. The van der Waals surface area contributed by atoms with Crippen LogP contribution in [0.2, 0.25) is 0 Å². The van der Waals surface area contributed by atoms with E-state index in [9.17, 15) is 4.79 Å². The van der Waals surface area contributed by atoms with Crippen LogP contribution in [0.3, 0.4) is 0 Å². The van der Waals surface area contributed by atoms with Gasteiger partial charge in [0, 0.05) is 31.5 Å². The van der Waals surface area contributed by atoms with Gasteiger partial charge in [-0.25, -0.2) is 0 Å². The minimum absolute atomic E-state index is 0.197. The van der Waals surface area contributed by atoms with E-state index >= 15 is 0 Å². The van der Waals surface area contributed by atoms with Gasteiger partial charge in [-0.1, -0.05) is 6.07 Å². The van der Waals surface area contributed by atoms with Crippen LogP contribution in [-0.2, 0) is 9.47 Å². The lowest BCUT2D eigenvalue weighted by atomic mass is 10.2. The number of nitrogens with one attached hydrogen (secondary N) is 1. The van der Waals surface area contributed by atoms with Gasteiger partial charge in [0.2, 0.25) is 0 Å². The third-order valence-electron chi connectivity index (χ3n) is 3.32. The van der Waals surface area contributed by atoms with E-state index in [2.05, 4.69) is 5.32 Å². The molecule has 0 bridgehead atoms. The van der Waals surface area contributed by atoms with Crippen LogP contribution in [0.4, 0.5) is 5.69 Å². The van der Waals surface area contributed by atoms with Crippen LogP contribution in [0.25, 0.3) is 0 Å². The highest BCUT2D eigenvalue weighted by Crippen LogP contribution is 2.19. The molecule has 2 aromatic carbocycles. The van der Waals surface area contributed by atoms with Gasteiger partial charge in [-0.2, -0.15) is 0 Å². The first-order chi connectivity index (χ1) is 12.2. The summed E-state index contributed by atoms with van der Waals surface area (Å²) in [7, 11) is 3.24. The largest absolute Gasteiger partial charge is 0.491 e. The molecule has 0 aromatic heterocycles. The zero-order valence-electron chi connectivity index (χ0n) is 14.5. The number of anilines is 1. The molecule has 2 aromatic rings. The maximum atomic E-state index is 12.3. The maximum Gasteiger partial charge on any atom is 0.255 e. The third-order valence-corrected chi connectivity index (χ3v) is 3.32. The number of methoxy groups -OCH3 is 2. The molecule has 0 fully saturated rings. The minimum atomic E-state index is -0.197. The highest BCUT2D eigenvalue weighted by molar-refractivity contribution is 6.04. The number of amides is 1. The summed E-state index contributed by atoms with van der Waals surface area (Å²) in [5, 5.41) is 2.85. The van der Waals surface area contributed by atoms with Crippen LogP contribution in [0, 0.1) is 0 Å². The normalized spacial score (nSPS) is 10.3. The number of hydrogen-bond acceptors (Lipinski definition) is 5. The number of carbonyl (C=O) groups excluding carboxylic acids is 1. The number of carbonyl (C=O) groups is 1. The number of hydrogen-bond donors (Lipinski definition) is 1. The molecule has 0 radical (unpaired) electrons. The smallest absolute Gasteiger partial charge is 0.255 e. The molecule has 134 valence electrons. The summed E-state index contributed by atoms with van der Waals surface area (Å²) in [6.45, 7) is 1.96. The quantitative estimate of drug-likeness (QED) is 0.671. The molecule has 6 nitrogen and oxygen atoms in total. The number of rotatable bonds is 10. The Morgan fingerprint density at radius 3 is 2.12 bits per heavy atom. The fourth-order valence-electron chi connectivity index (χ4n) is 2.06. The summed E-state index contributed by atoms with van der Waals surface area (Å²) < 4.78 is 20.9. The number of ether oxygens (including phenoxy) is 4. The van der Waals surface area contributed by atoms with Gasteiger partial charge in [0.1, 0.15) is 24.7 Å².